The lowest BCUT2D eigenvalue weighted by Gasteiger charge is -2.41. The highest BCUT2D eigenvalue weighted by molar-refractivity contribution is 4.90. The van der Waals surface area contributed by atoms with Crippen molar-refractivity contribution in [2.45, 2.75) is 19.3 Å². The molecular weight excluding hydrogens is 138 g/mol. The second-order valence-corrected chi connectivity index (χ2v) is 3.52. The zero-order valence-electron chi connectivity index (χ0n) is 7.10. The van der Waals surface area contributed by atoms with Gasteiger partial charge in [-0.25, -0.2) is 0 Å². The summed E-state index contributed by atoms with van der Waals surface area (Å²) in [5.74, 6) is 0. The Morgan fingerprint density at radius 1 is 1.27 bits per heavy atom. The Balaban J connectivity index is 2.11. The topological polar surface area (TPSA) is 64.1 Å². The van der Waals surface area contributed by atoms with Gasteiger partial charge in [0.25, 0.3) is 0 Å². The third-order valence-electron chi connectivity index (χ3n) is 2.67. The van der Waals surface area contributed by atoms with Crippen LogP contribution >= 0.6 is 0 Å². The van der Waals surface area contributed by atoms with Crippen LogP contribution in [0.25, 0.3) is 0 Å². The Labute approximate surface area is 68.5 Å². The largest absolute Gasteiger partial charge is 0.330 e. The van der Waals surface area contributed by atoms with Crippen molar-refractivity contribution in [3.05, 3.63) is 0 Å². The van der Waals surface area contributed by atoms with Crippen molar-refractivity contribution in [2.75, 3.05) is 26.2 Å². The normalized spacial score (nSPS) is 21.3. The highest BCUT2D eigenvalue weighted by Crippen LogP contribution is 2.38. The summed E-state index contributed by atoms with van der Waals surface area (Å²) in [6.45, 7) is 3.52. The summed E-state index contributed by atoms with van der Waals surface area (Å²) in [5, 5.41) is 3.32. The number of nitrogens with one attached hydrogen (secondary N) is 1. The molecule has 0 aromatic carbocycles. The molecule has 1 rings (SSSR count). The summed E-state index contributed by atoms with van der Waals surface area (Å²) >= 11 is 0. The molecule has 3 heteroatoms. The van der Waals surface area contributed by atoms with Crippen LogP contribution in [0.4, 0.5) is 0 Å². The zero-order valence-corrected chi connectivity index (χ0v) is 7.10. The van der Waals surface area contributed by atoms with Gasteiger partial charge in [-0.1, -0.05) is 6.42 Å². The van der Waals surface area contributed by atoms with Gasteiger partial charge < -0.3 is 16.8 Å². The first-order valence-corrected chi connectivity index (χ1v) is 4.44. The lowest BCUT2D eigenvalue weighted by molar-refractivity contribution is 0.142. The molecule has 66 valence electrons. The van der Waals surface area contributed by atoms with Crippen molar-refractivity contribution >= 4 is 0 Å². The van der Waals surface area contributed by atoms with Gasteiger partial charge in [0.15, 0.2) is 0 Å². The fraction of sp³-hybridized carbons (Fsp3) is 1.00. The van der Waals surface area contributed by atoms with Crippen molar-refractivity contribution in [1.29, 1.82) is 0 Å². The number of hydrogen-bond acceptors (Lipinski definition) is 3. The fourth-order valence-corrected chi connectivity index (χ4v) is 1.59. The molecule has 0 saturated heterocycles. The van der Waals surface area contributed by atoms with Crippen LogP contribution in [0, 0.1) is 5.41 Å². The maximum Gasteiger partial charge on any atom is 0.00747 e. The molecule has 1 fully saturated rings. The first-order chi connectivity index (χ1) is 5.33. The Morgan fingerprint density at radius 3 is 2.36 bits per heavy atom. The molecule has 0 bridgehead atoms. The van der Waals surface area contributed by atoms with Crippen molar-refractivity contribution < 1.29 is 0 Å². The van der Waals surface area contributed by atoms with Crippen molar-refractivity contribution in [1.82, 2.24) is 5.32 Å². The molecule has 1 aliphatic rings. The van der Waals surface area contributed by atoms with Crippen LogP contribution in [0.1, 0.15) is 19.3 Å². The van der Waals surface area contributed by atoms with Crippen molar-refractivity contribution in [3.63, 3.8) is 0 Å². The minimum Gasteiger partial charge on any atom is -0.330 e. The van der Waals surface area contributed by atoms with E-state index in [1.54, 1.807) is 0 Å². The Kier molecular flexibility index (Phi) is 3.30. The molecule has 0 aromatic heterocycles. The molecule has 0 spiro atoms. The number of hydrogen-bond donors (Lipinski definition) is 3. The van der Waals surface area contributed by atoms with E-state index >= 15 is 0 Å². The third kappa shape index (κ3) is 2.15. The highest BCUT2D eigenvalue weighted by Gasteiger charge is 2.34. The van der Waals surface area contributed by atoms with Crippen LogP contribution in [0.15, 0.2) is 0 Å². The van der Waals surface area contributed by atoms with E-state index in [1.165, 1.54) is 19.3 Å². The van der Waals surface area contributed by atoms with E-state index in [9.17, 15) is 0 Å². The van der Waals surface area contributed by atoms with Crippen molar-refractivity contribution in [3.8, 4) is 0 Å². The van der Waals surface area contributed by atoms with E-state index in [-0.39, 0.29) is 0 Å². The fourth-order valence-electron chi connectivity index (χ4n) is 1.59. The minimum atomic E-state index is 0.426. The van der Waals surface area contributed by atoms with Gasteiger partial charge in [0.05, 0.1) is 0 Å². The molecule has 3 nitrogen and oxygen atoms in total. The van der Waals surface area contributed by atoms with Gasteiger partial charge in [0.2, 0.25) is 0 Å². The smallest absolute Gasteiger partial charge is 0.00747 e. The average molecular weight is 157 g/mol. The first kappa shape index (κ1) is 8.97. The molecule has 0 heterocycles. The van der Waals surface area contributed by atoms with Gasteiger partial charge in [-0.2, -0.15) is 0 Å². The third-order valence-corrected chi connectivity index (χ3v) is 2.67. The molecule has 0 radical (unpaired) electrons. The predicted octanol–water partition coefficient (Wildman–Crippen LogP) is -0.336. The maximum atomic E-state index is 5.68. The van der Waals surface area contributed by atoms with Gasteiger partial charge in [0, 0.05) is 19.6 Å². The molecule has 0 aliphatic heterocycles. The lowest BCUT2D eigenvalue weighted by Crippen LogP contribution is -2.46. The number of rotatable bonds is 5. The van der Waals surface area contributed by atoms with Gasteiger partial charge in [0.1, 0.15) is 0 Å². The van der Waals surface area contributed by atoms with E-state index < -0.39 is 0 Å². The first-order valence-electron chi connectivity index (χ1n) is 4.44. The van der Waals surface area contributed by atoms with Crippen LogP contribution < -0.4 is 16.8 Å². The second kappa shape index (κ2) is 4.04. The van der Waals surface area contributed by atoms with E-state index in [2.05, 4.69) is 5.32 Å². The monoisotopic (exact) mass is 157 g/mol. The number of nitrogens with two attached hydrogens (primary N) is 2. The molecular formula is C8H19N3. The van der Waals surface area contributed by atoms with Gasteiger partial charge in [-0.15, -0.1) is 0 Å². The highest BCUT2D eigenvalue weighted by atomic mass is 14.9. The lowest BCUT2D eigenvalue weighted by atomic mass is 9.69. The summed E-state index contributed by atoms with van der Waals surface area (Å²) < 4.78 is 0. The van der Waals surface area contributed by atoms with Gasteiger partial charge >= 0.3 is 0 Å². The Morgan fingerprint density at radius 2 is 2.00 bits per heavy atom. The quantitative estimate of drug-likeness (QED) is 0.479. The summed E-state index contributed by atoms with van der Waals surface area (Å²) in [7, 11) is 0. The zero-order chi connectivity index (χ0) is 8.16. The summed E-state index contributed by atoms with van der Waals surface area (Å²) in [5.41, 5.74) is 11.5. The summed E-state index contributed by atoms with van der Waals surface area (Å²) in [6.07, 6.45) is 3.93. The molecule has 11 heavy (non-hydrogen) atoms. The van der Waals surface area contributed by atoms with Crippen molar-refractivity contribution in [2.24, 2.45) is 16.9 Å². The van der Waals surface area contributed by atoms with E-state index in [1.807, 2.05) is 0 Å². The van der Waals surface area contributed by atoms with Crippen LogP contribution in [0.2, 0.25) is 0 Å². The second-order valence-electron chi connectivity index (χ2n) is 3.52. The van der Waals surface area contributed by atoms with Crippen LogP contribution in [0.5, 0.6) is 0 Å². The average Bonchev–Trinajstić information content (AvgIpc) is 1.95. The summed E-state index contributed by atoms with van der Waals surface area (Å²) in [6, 6.07) is 0. The standard InChI is InChI=1S/C8H19N3/c9-4-5-11-7-8(6-10)2-1-3-8/h11H,1-7,9-10H2. The Hall–Kier alpha value is -0.120. The van der Waals surface area contributed by atoms with Gasteiger partial charge in [-0.3, -0.25) is 0 Å². The SMILES string of the molecule is NCCNCC1(CN)CCC1. The van der Waals surface area contributed by atoms with E-state index in [4.69, 9.17) is 11.5 Å². The molecule has 0 amide bonds. The van der Waals surface area contributed by atoms with E-state index in [0.29, 0.717) is 5.41 Å². The molecule has 5 N–H and O–H groups in total. The van der Waals surface area contributed by atoms with Crippen LogP contribution in [0.3, 0.4) is 0 Å². The van der Waals surface area contributed by atoms with E-state index in [0.717, 1.165) is 26.2 Å². The minimum absolute atomic E-state index is 0.426. The van der Waals surface area contributed by atoms with Crippen LogP contribution in [-0.4, -0.2) is 26.2 Å². The molecule has 0 unspecified atom stereocenters. The molecule has 1 saturated carbocycles. The maximum absolute atomic E-state index is 5.68. The summed E-state index contributed by atoms with van der Waals surface area (Å²) in [4.78, 5) is 0. The van der Waals surface area contributed by atoms with Crippen LogP contribution in [-0.2, 0) is 0 Å². The Bertz CT molecular complexity index is 104. The molecule has 0 atom stereocenters. The molecule has 0 aromatic rings. The van der Waals surface area contributed by atoms with Gasteiger partial charge in [-0.05, 0) is 24.8 Å². The molecule has 1 aliphatic carbocycles. The predicted molar refractivity (Wildman–Crippen MR) is 47.3 cm³/mol.